The summed E-state index contributed by atoms with van der Waals surface area (Å²) in [6.07, 6.45) is 3.60. The van der Waals surface area contributed by atoms with Gasteiger partial charge in [-0.15, -0.1) is 11.8 Å². The molecule has 1 N–H and O–H groups in total. The Morgan fingerprint density at radius 2 is 2.17 bits per heavy atom. The second-order valence-electron chi connectivity index (χ2n) is 3.23. The van der Waals surface area contributed by atoms with Gasteiger partial charge in [-0.05, 0) is 38.8 Å². The largest absolute Gasteiger partial charge is 0.317 e. The van der Waals surface area contributed by atoms with Gasteiger partial charge >= 0.3 is 0 Å². The molecule has 0 aromatic heterocycles. The Morgan fingerprint density at radius 3 is 2.75 bits per heavy atom. The summed E-state index contributed by atoms with van der Waals surface area (Å²) in [5.41, 5.74) is 0. The first kappa shape index (κ1) is 11.5. The van der Waals surface area contributed by atoms with Crippen molar-refractivity contribution >= 4 is 0 Å². The van der Waals surface area contributed by atoms with E-state index in [0.29, 0.717) is 0 Å². The highest BCUT2D eigenvalue weighted by atomic mass is 14.8. The molecule has 0 aliphatic heterocycles. The molecule has 0 aliphatic carbocycles. The molecule has 1 unspecified atom stereocenters. The van der Waals surface area contributed by atoms with E-state index >= 15 is 0 Å². The van der Waals surface area contributed by atoms with Gasteiger partial charge in [-0.2, -0.15) is 0 Å². The first-order valence-electron chi connectivity index (χ1n) is 4.91. The number of hydrogen-bond acceptors (Lipinski definition) is 1. The van der Waals surface area contributed by atoms with Gasteiger partial charge in [0.25, 0.3) is 0 Å². The van der Waals surface area contributed by atoms with Gasteiger partial charge < -0.3 is 5.32 Å². The van der Waals surface area contributed by atoms with Crippen LogP contribution in [0.1, 0.15) is 40.0 Å². The highest BCUT2D eigenvalue weighted by molar-refractivity contribution is 4.94. The van der Waals surface area contributed by atoms with E-state index in [4.69, 9.17) is 0 Å². The molecule has 0 spiro atoms. The highest BCUT2D eigenvalue weighted by Gasteiger charge is 1.98. The first-order chi connectivity index (χ1) is 5.81. The van der Waals surface area contributed by atoms with Gasteiger partial charge in [-0.3, -0.25) is 0 Å². The number of unbranched alkanes of at least 4 members (excludes halogenated alkanes) is 1. The molecular weight excluding hydrogens is 146 g/mol. The van der Waals surface area contributed by atoms with Gasteiger partial charge in [-0.25, -0.2) is 0 Å². The van der Waals surface area contributed by atoms with Gasteiger partial charge in [0.15, 0.2) is 0 Å². The second kappa shape index (κ2) is 8.62. The van der Waals surface area contributed by atoms with Crippen molar-refractivity contribution in [1.29, 1.82) is 0 Å². The van der Waals surface area contributed by atoms with Gasteiger partial charge in [0.1, 0.15) is 0 Å². The maximum Gasteiger partial charge on any atom is 0.00886 e. The summed E-state index contributed by atoms with van der Waals surface area (Å²) in [5.74, 6) is 6.80. The standard InChI is InChI=1S/C11H21N/c1-4-6-7-8-9-11(3)10-12-5-2/h11-12H,5,7-10H2,1-3H3. The van der Waals surface area contributed by atoms with Crippen LogP contribution in [0.25, 0.3) is 0 Å². The van der Waals surface area contributed by atoms with Crippen molar-refractivity contribution in [3.05, 3.63) is 0 Å². The van der Waals surface area contributed by atoms with Crippen molar-refractivity contribution < 1.29 is 0 Å². The summed E-state index contributed by atoms with van der Waals surface area (Å²) in [7, 11) is 0. The fourth-order valence-corrected chi connectivity index (χ4v) is 1.16. The summed E-state index contributed by atoms with van der Waals surface area (Å²) < 4.78 is 0. The van der Waals surface area contributed by atoms with Gasteiger partial charge in [0, 0.05) is 6.42 Å². The Morgan fingerprint density at radius 1 is 1.42 bits per heavy atom. The average molecular weight is 167 g/mol. The number of rotatable bonds is 6. The average Bonchev–Trinajstić information content (AvgIpc) is 2.09. The molecule has 70 valence electrons. The van der Waals surface area contributed by atoms with Crippen molar-refractivity contribution in [2.45, 2.75) is 40.0 Å². The molecule has 0 fully saturated rings. The monoisotopic (exact) mass is 167 g/mol. The molecule has 12 heavy (non-hydrogen) atoms. The van der Waals surface area contributed by atoms with Crippen LogP contribution in [0.3, 0.4) is 0 Å². The smallest absolute Gasteiger partial charge is 0.00886 e. The Balaban J connectivity index is 3.17. The number of nitrogens with one attached hydrogen (secondary N) is 1. The van der Waals surface area contributed by atoms with Crippen molar-refractivity contribution in [2.24, 2.45) is 5.92 Å². The predicted molar refractivity (Wildman–Crippen MR) is 55.0 cm³/mol. The lowest BCUT2D eigenvalue weighted by molar-refractivity contribution is 0.477. The molecule has 1 heteroatoms. The molecule has 0 saturated heterocycles. The van der Waals surface area contributed by atoms with Crippen LogP contribution in [0.15, 0.2) is 0 Å². The normalized spacial score (nSPS) is 11.9. The van der Waals surface area contributed by atoms with Crippen LogP contribution in [0.4, 0.5) is 0 Å². The molecule has 0 rings (SSSR count). The Kier molecular flexibility index (Phi) is 8.27. The molecule has 0 bridgehead atoms. The van der Waals surface area contributed by atoms with E-state index in [1.807, 2.05) is 6.92 Å². The van der Waals surface area contributed by atoms with Crippen LogP contribution in [0, 0.1) is 17.8 Å². The first-order valence-corrected chi connectivity index (χ1v) is 4.91. The zero-order valence-electron chi connectivity index (χ0n) is 8.61. The molecule has 0 heterocycles. The van der Waals surface area contributed by atoms with Crippen LogP contribution in [-0.2, 0) is 0 Å². The summed E-state index contributed by atoms with van der Waals surface area (Å²) >= 11 is 0. The molecular formula is C11H21N. The molecule has 0 radical (unpaired) electrons. The third-order valence-corrected chi connectivity index (χ3v) is 1.92. The third-order valence-electron chi connectivity index (χ3n) is 1.92. The molecule has 0 saturated carbocycles. The summed E-state index contributed by atoms with van der Waals surface area (Å²) in [6, 6.07) is 0. The quantitative estimate of drug-likeness (QED) is 0.473. The van der Waals surface area contributed by atoms with Crippen molar-refractivity contribution in [3.63, 3.8) is 0 Å². The molecule has 0 aromatic rings. The molecule has 0 amide bonds. The fraction of sp³-hybridized carbons (Fsp3) is 0.818. The van der Waals surface area contributed by atoms with Crippen LogP contribution in [-0.4, -0.2) is 13.1 Å². The highest BCUT2D eigenvalue weighted by Crippen LogP contribution is 2.05. The van der Waals surface area contributed by atoms with E-state index in [1.165, 1.54) is 12.8 Å². The summed E-state index contributed by atoms with van der Waals surface area (Å²) in [4.78, 5) is 0. The van der Waals surface area contributed by atoms with E-state index < -0.39 is 0 Å². The fourth-order valence-electron chi connectivity index (χ4n) is 1.16. The van der Waals surface area contributed by atoms with Crippen molar-refractivity contribution in [2.75, 3.05) is 13.1 Å². The minimum atomic E-state index is 0.795. The maximum absolute atomic E-state index is 3.35. The topological polar surface area (TPSA) is 12.0 Å². The van der Waals surface area contributed by atoms with Crippen LogP contribution >= 0.6 is 0 Å². The van der Waals surface area contributed by atoms with Gasteiger partial charge in [-0.1, -0.05) is 13.8 Å². The van der Waals surface area contributed by atoms with Crippen molar-refractivity contribution in [1.82, 2.24) is 5.32 Å². The molecule has 0 aromatic carbocycles. The number of hydrogen-bond donors (Lipinski definition) is 1. The van der Waals surface area contributed by atoms with Gasteiger partial charge in [0.05, 0.1) is 0 Å². The summed E-state index contributed by atoms with van der Waals surface area (Å²) in [5, 5.41) is 3.35. The lowest BCUT2D eigenvalue weighted by Crippen LogP contribution is -2.20. The molecule has 0 aliphatic rings. The van der Waals surface area contributed by atoms with Crippen LogP contribution in [0.2, 0.25) is 0 Å². The molecule has 1 nitrogen and oxygen atoms in total. The predicted octanol–water partition coefficient (Wildman–Crippen LogP) is 2.43. The SMILES string of the molecule is CC#CCCCC(C)CNCC. The van der Waals surface area contributed by atoms with E-state index in [1.54, 1.807) is 0 Å². The minimum Gasteiger partial charge on any atom is -0.317 e. The zero-order chi connectivity index (χ0) is 9.23. The molecule has 1 atom stereocenters. The third kappa shape index (κ3) is 7.63. The Labute approximate surface area is 76.9 Å². The van der Waals surface area contributed by atoms with Gasteiger partial charge in [0.2, 0.25) is 0 Å². The van der Waals surface area contributed by atoms with Crippen molar-refractivity contribution in [3.8, 4) is 11.8 Å². The zero-order valence-corrected chi connectivity index (χ0v) is 8.61. The van der Waals surface area contributed by atoms with E-state index in [9.17, 15) is 0 Å². The van der Waals surface area contributed by atoms with E-state index in [-0.39, 0.29) is 0 Å². The maximum atomic E-state index is 3.35. The van der Waals surface area contributed by atoms with E-state index in [2.05, 4.69) is 31.0 Å². The lowest BCUT2D eigenvalue weighted by Gasteiger charge is -2.09. The Bertz CT molecular complexity index is 141. The lowest BCUT2D eigenvalue weighted by atomic mass is 10.0. The van der Waals surface area contributed by atoms with Crippen LogP contribution in [0.5, 0.6) is 0 Å². The van der Waals surface area contributed by atoms with E-state index in [0.717, 1.165) is 25.4 Å². The second-order valence-corrected chi connectivity index (χ2v) is 3.23. The Hall–Kier alpha value is -0.480. The van der Waals surface area contributed by atoms with Crippen LogP contribution < -0.4 is 5.32 Å². The minimum absolute atomic E-state index is 0.795. The summed E-state index contributed by atoms with van der Waals surface area (Å²) in [6.45, 7) is 8.58.